The molecule has 29 heavy (non-hydrogen) atoms. The van der Waals surface area contributed by atoms with Crippen LogP contribution in [-0.4, -0.2) is 31.5 Å². The number of hydrogen-bond donors (Lipinski definition) is 3. The van der Waals surface area contributed by atoms with Crippen LogP contribution in [0.3, 0.4) is 0 Å². The highest BCUT2D eigenvalue weighted by molar-refractivity contribution is 5.96. The minimum atomic E-state index is -4.80. The maximum atomic E-state index is 12.4. The Kier molecular flexibility index (Phi) is 4.22. The van der Waals surface area contributed by atoms with Gasteiger partial charge in [-0.15, -0.1) is 13.2 Å². The average molecular weight is 402 g/mol. The van der Waals surface area contributed by atoms with Crippen LogP contribution in [0.1, 0.15) is 0 Å². The molecule has 0 aliphatic carbocycles. The molecule has 3 aromatic carbocycles. The molecule has 0 aliphatic rings. The molecular formula is C20H13F3N2O4. The molecule has 0 saturated heterocycles. The monoisotopic (exact) mass is 402 g/mol. The summed E-state index contributed by atoms with van der Waals surface area (Å²) in [6.45, 7) is 0. The quantitative estimate of drug-likeness (QED) is 0.462. The number of nitrogens with zero attached hydrogens (tertiary/aromatic N) is 2. The predicted octanol–water partition coefficient (Wildman–Crippen LogP) is 4.71. The summed E-state index contributed by atoms with van der Waals surface area (Å²) in [4.78, 5) is 0. The van der Waals surface area contributed by atoms with Crippen molar-refractivity contribution in [1.82, 2.24) is 9.78 Å². The Morgan fingerprint density at radius 3 is 2.14 bits per heavy atom. The molecule has 0 atom stereocenters. The Hall–Kier alpha value is -3.88. The molecule has 0 saturated carbocycles. The lowest BCUT2D eigenvalue weighted by molar-refractivity contribution is -0.274. The molecule has 0 fully saturated rings. The fourth-order valence-electron chi connectivity index (χ4n) is 3.01. The molecule has 4 aromatic rings. The van der Waals surface area contributed by atoms with Crippen molar-refractivity contribution >= 4 is 10.9 Å². The number of halogens is 3. The summed E-state index contributed by atoms with van der Waals surface area (Å²) in [5, 5.41) is 34.6. The predicted molar refractivity (Wildman–Crippen MR) is 98.2 cm³/mol. The maximum absolute atomic E-state index is 12.4. The zero-order chi connectivity index (χ0) is 20.8. The Morgan fingerprint density at radius 1 is 0.828 bits per heavy atom. The van der Waals surface area contributed by atoms with Crippen molar-refractivity contribution in [1.29, 1.82) is 0 Å². The second-order valence-corrected chi connectivity index (χ2v) is 6.21. The van der Waals surface area contributed by atoms with Gasteiger partial charge in [-0.2, -0.15) is 5.10 Å². The number of alkyl halides is 3. The molecule has 9 heteroatoms. The van der Waals surface area contributed by atoms with E-state index in [-0.39, 0.29) is 23.0 Å². The van der Waals surface area contributed by atoms with E-state index in [0.717, 1.165) is 12.1 Å². The number of benzene rings is 3. The van der Waals surface area contributed by atoms with Gasteiger partial charge in [0.25, 0.3) is 0 Å². The van der Waals surface area contributed by atoms with Crippen molar-refractivity contribution in [3.63, 3.8) is 0 Å². The lowest BCUT2D eigenvalue weighted by Gasteiger charge is -2.09. The van der Waals surface area contributed by atoms with Gasteiger partial charge in [-0.05, 0) is 48.5 Å². The number of fused-ring (bicyclic) bond motifs is 1. The first-order chi connectivity index (χ1) is 13.7. The van der Waals surface area contributed by atoms with E-state index in [1.54, 1.807) is 6.07 Å². The van der Waals surface area contributed by atoms with Crippen LogP contribution < -0.4 is 4.74 Å². The van der Waals surface area contributed by atoms with Crippen LogP contribution in [0.4, 0.5) is 13.2 Å². The van der Waals surface area contributed by atoms with E-state index in [4.69, 9.17) is 0 Å². The van der Waals surface area contributed by atoms with Crippen molar-refractivity contribution < 1.29 is 33.2 Å². The standard InChI is InChI=1S/C20H13F3N2O4/c21-20(22,23)29-14-5-1-11(2-6-14)25-17-9-12(26)3-7-15(17)19(24-25)16-8-4-13(27)10-18(16)28/h1-10,26-28H. The molecule has 0 amide bonds. The third kappa shape index (κ3) is 3.62. The first kappa shape index (κ1) is 18.5. The summed E-state index contributed by atoms with van der Waals surface area (Å²) in [7, 11) is 0. The molecule has 1 aromatic heterocycles. The summed E-state index contributed by atoms with van der Waals surface area (Å²) >= 11 is 0. The van der Waals surface area contributed by atoms with Gasteiger partial charge in [-0.1, -0.05) is 0 Å². The summed E-state index contributed by atoms with van der Waals surface area (Å²) < 4.78 is 42.4. The highest BCUT2D eigenvalue weighted by Crippen LogP contribution is 2.37. The van der Waals surface area contributed by atoms with Gasteiger partial charge in [0.2, 0.25) is 0 Å². The summed E-state index contributed by atoms with van der Waals surface area (Å²) in [6.07, 6.45) is -4.80. The molecular weight excluding hydrogens is 389 g/mol. The van der Waals surface area contributed by atoms with Crippen LogP contribution in [0.15, 0.2) is 60.7 Å². The van der Waals surface area contributed by atoms with E-state index in [2.05, 4.69) is 9.84 Å². The SMILES string of the molecule is Oc1ccc(-c2nn(-c3ccc(OC(F)(F)F)cc3)c3cc(O)ccc23)c(O)c1. The minimum absolute atomic E-state index is 0.0304. The normalized spacial score (nSPS) is 11.7. The topological polar surface area (TPSA) is 87.7 Å². The smallest absolute Gasteiger partial charge is 0.508 e. The second kappa shape index (κ2) is 6.62. The van der Waals surface area contributed by atoms with Crippen molar-refractivity contribution in [2.45, 2.75) is 6.36 Å². The first-order valence-corrected chi connectivity index (χ1v) is 8.31. The molecule has 148 valence electrons. The van der Waals surface area contributed by atoms with Crippen molar-refractivity contribution in [2.24, 2.45) is 0 Å². The maximum Gasteiger partial charge on any atom is 0.573 e. The minimum Gasteiger partial charge on any atom is -0.508 e. The van der Waals surface area contributed by atoms with Crippen LogP contribution >= 0.6 is 0 Å². The van der Waals surface area contributed by atoms with E-state index >= 15 is 0 Å². The number of aromatic hydroxyl groups is 3. The summed E-state index contributed by atoms with van der Waals surface area (Å²) in [5.41, 5.74) is 1.60. The van der Waals surface area contributed by atoms with E-state index < -0.39 is 6.36 Å². The van der Waals surface area contributed by atoms with Crippen molar-refractivity contribution in [3.8, 4) is 39.9 Å². The van der Waals surface area contributed by atoms with E-state index in [9.17, 15) is 28.5 Å². The van der Waals surface area contributed by atoms with Gasteiger partial charge < -0.3 is 20.1 Å². The molecule has 0 radical (unpaired) electrons. The molecule has 0 aliphatic heterocycles. The zero-order valence-electron chi connectivity index (χ0n) is 14.6. The molecule has 6 nitrogen and oxygen atoms in total. The number of hydrogen-bond acceptors (Lipinski definition) is 5. The van der Waals surface area contributed by atoms with E-state index in [0.29, 0.717) is 27.8 Å². The number of phenolic OH excluding ortho intramolecular Hbond substituents is 3. The number of aromatic nitrogens is 2. The molecule has 0 unspecified atom stereocenters. The van der Waals surface area contributed by atoms with Gasteiger partial charge in [0.05, 0.1) is 11.2 Å². The highest BCUT2D eigenvalue weighted by atomic mass is 19.4. The molecule has 1 heterocycles. The van der Waals surface area contributed by atoms with Gasteiger partial charge in [0.15, 0.2) is 0 Å². The van der Waals surface area contributed by atoms with E-state index in [1.807, 2.05) is 0 Å². The number of rotatable bonds is 3. The van der Waals surface area contributed by atoms with Crippen LogP contribution in [0.5, 0.6) is 23.0 Å². The van der Waals surface area contributed by atoms with E-state index in [1.165, 1.54) is 47.1 Å². The van der Waals surface area contributed by atoms with Crippen LogP contribution in [0, 0.1) is 0 Å². The second-order valence-electron chi connectivity index (χ2n) is 6.21. The van der Waals surface area contributed by atoms with Gasteiger partial charge in [0.1, 0.15) is 28.7 Å². The average Bonchev–Trinajstić information content (AvgIpc) is 2.99. The Labute approximate surface area is 161 Å². The number of phenols is 3. The lowest BCUT2D eigenvalue weighted by Crippen LogP contribution is -2.17. The van der Waals surface area contributed by atoms with Crippen molar-refractivity contribution in [3.05, 3.63) is 60.7 Å². The Bertz CT molecular complexity index is 1200. The molecule has 3 N–H and O–H groups in total. The fourth-order valence-corrected chi connectivity index (χ4v) is 3.01. The largest absolute Gasteiger partial charge is 0.573 e. The molecule has 4 rings (SSSR count). The summed E-state index contributed by atoms with van der Waals surface area (Å²) in [6, 6.07) is 13.6. The summed E-state index contributed by atoms with van der Waals surface area (Å²) in [5.74, 6) is -0.722. The molecule has 0 bridgehead atoms. The Balaban J connectivity index is 1.86. The van der Waals surface area contributed by atoms with Crippen molar-refractivity contribution in [2.75, 3.05) is 0 Å². The third-order valence-corrected chi connectivity index (χ3v) is 4.22. The van der Waals surface area contributed by atoms with Gasteiger partial charge in [0, 0.05) is 23.1 Å². The number of ether oxygens (including phenoxy) is 1. The third-order valence-electron chi connectivity index (χ3n) is 4.22. The highest BCUT2D eigenvalue weighted by Gasteiger charge is 2.31. The fraction of sp³-hybridized carbons (Fsp3) is 0.0500. The zero-order valence-corrected chi connectivity index (χ0v) is 14.6. The van der Waals surface area contributed by atoms with Gasteiger partial charge in [-0.3, -0.25) is 0 Å². The lowest BCUT2D eigenvalue weighted by atomic mass is 10.1. The van der Waals surface area contributed by atoms with Crippen LogP contribution in [0.2, 0.25) is 0 Å². The van der Waals surface area contributed by atoms with Crippen LogP contribution in [-0.2, 0) is 0 Å². The van der Waals surface area contributed by atoms with Crippen LogP contribution in [0.25, 0.3) is 27.8 Å². The first-order valence-electron chi connectivity index (χ1n) is 8.31. The van der Waals surface area contributed by atoms with Gasteiger partial charge in [-0.25, -0.2) is 4.68 Å². The Morgan fingerprint density at radius 2 is 1.48 bits per heavy atom. The van der Waals surface area contributed by atoms with Gasteiger partial charge >= 0.3 is 6.36 Å². The molecule has 0 spiro atoms.